The van der Waals surface area contributed by atoms with E-state index >= 15 is 0 Å². The molecule has 1 N–H and O–H groups in total. The van der Waals surface area contributed by atoms with E-state index in [2.05, 4.69) is 5.32 Å². The van der Waals surface area contributed by atoms with E-state index in [0.29, 0.717) is 39.2 Å². The van der Waals surface area contributed by atoms with Crippen LogP contribution in [0.1, 0.15) is 39.5 Å². The van der Waals surface area contributed by atoms with Crippen molar-refractivity contribution in [1.29, 1.82) is 0 Å². The number of ether oxygens (including phenoxy) is 2. The van der Waals surface area contributed by atoms with E-state index in [-0.39, 0.29) is 23.9 Å². The third-order valence-corrected chi connectivity index (χ3v) is 3.74. The molecule has 6 nitrogen and oxygen atoms in total. The topological polar surface area (TPSA) is 67.9 Å². The second-order valence-corrected chi connectivity index (χ2v) is 5.24. The highest BCUT2D eigenvalue weighted by Gasteiger charge is 2.38. The van der Waals surface area contributed by atoms with Gasteiger partial charge in [-0.25, -0.2) is 0 Å². The Morgan fingerprint density at radius 1 is 1.10 bits per heavy atom. The first-order valence-electron chi connectivity index (χ1n) is 7.83. The maximum atomic E-state index is 12.3. The summed E-state index contributed by atoms with van der Waals surface area (Å²) >= 11 is 0. The monoisotopic (exact) mass is 300 g/mol. The fourth-order valence-corrected chi connectivity index (χ4v) is 2.50. The molecule has 0 saturated carbocycles. The van der Waals surface area contributed by atoms with Crippen molar-refractivity contribution in [3.05, 3.63) is 0 Å². The van der Waals surface area contributed by atoms with E-state index in [4.69, 9.17) is 9.47 Å². The summed E-state index contributed by atoms with van der Waals surface area (Å²) in [4.78, 5) is 26.1. The zero-order chi connectivity index (χ0) is 15.7. The Morgan fingerprint density at radius 2 is 1.86 bits per heavy atom. The van der Waals surface area contributed by atoms with Gasteiger partial charge in [-0.2, -0.15) is 0 Å². The summed E-state index contributed by atoms with van der Waals surface area (Å²) in [5, 5.41) is 2.80. The first kappa shape index (κ1) is 17.9. The number of rotatable bonds is 10. The predicted octanol–water partition coefficient (Wildman–Crippen LogP) is 0.945. The number of amides is 2. The van der Waals surface area contributed by atoms with Crippen LogP contribution >= 0.6 is 0 Å². The van der Waals surface area contributed by atoms with Crippen molar-refractivity contribution >= 4 is 11.8 Å². The molecule has 122 valence electrons. The molecule has 0 aliphatic carbocycles. The van der Waals surface area contributed by atoms with E-state index in [1.807, 2.05) is 13.8 Å². The molecule has 21 heavy (non-hydrogen) atoms. The van der Waals surface area contributed by atoms with Gasteiger partial charge in [0.25, 0.3) is 0 Å². The smallest absolute Gasteiger partial charge is 0.245 e. The van der Waals surface area contributed by atoms with Gasteiger partial charge in [-0.15, -0.1) is 0 Å². The molecule has 1 fully saturated rings. The molecule has 1 heterocycles. The molecule has 1 rings (SSSR count). The molecule has 2 unspecified atom stereocenters. The fraction of sp³-hybridized carbons (Fsp3) is 0.867. The van der Waals surface area contributed by atoms with Crippen molar-refractivity contribution in [3.8, 4) is 0 Å². The second kappa shape index (κ2) is 9.73. The van der Waals surface area contributed by atoms with Crippen LogP contribution in [0.15, 0.2) is 0 Å². The van der Waals surface area contributed by atoms with E-state index < -0.39 is 0 Å². The van der Waals surface area contributed by atoms with Crippen LogP contribution in [0.25, 0.3) is 0 Å². The quantitative estimate of drug-likeness (QED) is 0.610. The summed E-state index contributed by atoms with van der Waals surface area (Å²) in [6, 6.07) is -0.687. The average molecular weight is 300 g/mol. The van der Waals surface area contributed by atoms with Crippen LogP contribution in [-0.2, 0) is 19.1 Å². The molecule has 0 aromatic rings. The van der Waals surface area contributed by atoms with Crippen molar-refractivity contribution in [2.45, 2.75) is 51.6 Å². The van der Waals surface area contributed by atoms with E-state index in [9.17, 15) is 9.59 Å². The van der Waals surface area contributed by atoms with Crippen molar-refractivity contribution in [3.63, 3.8) is 0 Å². The molecule has 0 aromatic carbocycles. The minimum atomic E-state index is -0.363. The predicted molar refractivity (Wildman–Crippen MR) is 79.9 cm³/mol. The van der Waals surface area contributed by atoms with Gasteiger partial charge >= 0.3 is 0 Å². The lowest BCUT2D eigenvalue weighted by Gasteiger charge is -2.38. The standard InChI is InChI=1S/C15H28N2O4/c1-4-12-15(19)17(13(5-2)14(18)16-12)8-6-7-9-21-11-10-20-3/h12-13H,4-11H2,1-3H3,(H,16,18). The Labute approximate surface area is 127 Å². The second-order valence-electron chi connectivity index (χ2n) is 5.24. The minimum absolute atomic E-state index is 0.0275. The maximum absolute atomic E-state index is 12.3. The largest absolute Gasteiger partial charge is 0.382 e. The van der Waals surface area contributed by atoms with Crippen LogP contribution in [0.5, 0.6) is 0 Å². The van der Waals surface area contributed by atoms with Crippen molar-refractivity contribution in [2.24, 2.45) is 0 Å². The molecular formula is C15H28N2O4. The summed E-state index contributed by atoms with van der Waals surface area (Å²) < 4.78 is 10.3. The molecule has 6 heteroatoms. The van der Waals surface area contributed by atoms with Crippen LogP contribution in [0, 0.1) is 0 Å². The first-order valence-corrected chi connectivity index (χ1v) is 7.83. The number of carbonyl (C=O) groups excluding carboxylic acids is 2. The van der Waals surface area contributed by atoms with Gasteiger partial charge in [0.15, 0.2) is 0 Å². The minimum Gasteiger partial charge on any atom is -0.382 e. The van der Waals surface area contributed by atoms with Gasteiger partial charge in [-0.05, 0) is 25.7 Å². The number of hydrogen-bond donors (Lipinski definition) is 1. The molecule has 1 aliphatic rings. The summed E-state index contributed by atoms with van der Waals surface area (Å²) in [5.74, 6) is 0.0181. The number of carbonyl (C=O) groups is 2. The fourth-order valence-electron chi connectivity index (χ4n) is 2.50. The lowest BCUT2D eigenvalue weighted by atomic mass is 10.0. The molecule has 0 aromatic heterocycles. The zero-order valence-corrected chi connectivity index (χ0v) is 13.4. The van der Waals surface area contributed by atoms with Gasteiger partial charge < -0.3 is 19.7 Å². The Hall–Kier alpha value is -1.14. The van der Waals surface area contributed by atoms with Crippen molar-refractivity contribution in [2.75, 3.05) is 33.5 Å². The molecule has 0 bridgehead atoms. The molecule has 0 radical (unpaired) electrons. The maximum Gasteiger partial charge on any atom is 0.245 e. The van der Waals surface area contributed by atoms with Crippen LogP contribution < -0.4 is 5.32 Å². The summed E-state index contributed by atoms with van der Waals surface area (Å²) in [5.41, 5.74) is 0. The molecule has 2 atom stereocenters. The average Bonchev–Trinajstić information content (AvgIpc) is 2.49. The molecule has 2 amide bonds. The molecular weight excluding hydrogens is 272 g/mol. The molecule has 1 aliphatic heterocycles. The van der Waals surface area contributed by atoms with Crippen LogP contribution in [-0.4, -0.2) is 62.3 Å². The molecule has 1 saturated heterocycles. The first-order chi connectivity index (χ1) is 10.2. The van der Waals surface area contributed by atoms with E-state index in [0.717, 1.165) is 12.8 Å². The van der Waals surface area contributed by atoms with Gasteiger partial charge in [-0.1, -0.05) is 13.8 Å². The number of unbranched alkanes of at least 4 members (excludes halogenated alkanes) is 1. The van der Waals surface area contributed by atoms with Gasteiger partial charge in [0.1, 0.15) is 12.1 Å². The van der Waals surface area contributed by atoms with Gasteiger partial charge in [0.05, 0.1) is 13.2 Å². The van der Waals surface area contributed by atoms with Crippen molar-refractivity contribution in [1.82, 2.24) is 10.2 Å². The summed E-state index contributed by atoms with van der Waals surface area (Å²) in [7, 11) is 1.64. The third kappa shape index (κ3) is 5.28. The van der Waals surface area contributed by atoms with Gasteiger partial charge in [0, 0.05) is 20.3 Å². The Kier molecular flexibility index (Phi) is 8.30. The number of nitrogens with zero attached hydrogens (tertiary/aromatic N) is 1. The SMILES string of the molecule is CCC1NC(=O)C(CC)N(CCCCOCCOC)C1=O. The lowest BCUT2D eigenvalue weighted by Crippen LogP contribution is -2.63. The third-order valence-electron chi connectivity index (χ3n) is 3.74. The normalized spacial score (nSPS) is 22.5. The van der Waals surface area contributed by atoms with Crippen LogP contribution in [0.3, 0.4) is 0 Å². The van der Waals surface area contributed by atoms with Crippen LogP contribution in [0.4, 0.5) is 0 Å². The highest BCUT2D eigenvalue weighted by molar-refractivity contribution is 5.96. The highest BCUT2D eigenvalue weighted by atomic mass is 16.5. The molecule has 0 spiro atoms. The Bertz CT molecular complexity index is 336. The van der Waals surface area contributed by atoms with E-state index in [1.165, 1.54) is 0 Å². The number of methoxy groups -OCH3 is 1. The number of hydrogen-bond acceptors (Lipinski definition) is 4. The number of piperazine rings is 1. The highest BCUT2D eigenvalue weighted by Crippen LogP contribution is 2.15. The van der Waals surface area contributed by atoms with E-state index in [1.54, 1.807) is 12.0 Å². The van der Waals surface area contributed by atoms with Gasteiger partial charge in [-0.3, -0.25) is 9.59 Å². The summed E-state index contributed by atoms with van der Waals surface area (Å²) in [6.45, 7) is 6.32. The Morgan fingerprint density at radius 3 is 2.48 bits per heavy atom. The Balaban J connectivity index is 2.38. The van der Waals surface area contributed by atoms with Gasteiger partial charge in [0.2, 0.25) is 11.8 Å². The zero-order valence-electron chi connectivity index (χ0n) is 13.4. The van der Waals surface area contributed by atoms with Crippen molar-refractivity contribution < 1.29 is 19.1 Å². The van der Waals surface area contributed by atoms with Crippen LogP contribution in [0.2, 0.25) is 0 Å². The number of nitrogens with one attached hydrogen (secondary N) is 1. The lowest BCUT2D eigenvalue weighted by molar-refractivity contribution is -0.149. The summed E-state index contributed by atoms with van der Waals surface area (Å²) in [6.07, 6.45) is 3.01.